The fourth-order valence-corrected chi connectivity index (χ4v) is 2.50. The number of aliphatic hydroxyl groups excluding tert-OH is 1. The van der Waals surface area contributed by atoms with E-state index in [4.69, 9.17) is 0 Å². The van der Waals surface area contributed by atoms with E-state index in [1.807, 2.05) is 24.4 Å². The zero-order valence-electron chi connectivity index (χ0n) is 10.7. The quantitative estimate of drug-likeness (QED) is 0.828. The first-order chi connectivity index (χ1) is 9.26. The highest BCUT2D eigenvalue weighted by Crippen LogP contribution is 2.26. The molecule has 0 fully saturated rings. The molecule has 0 radical (unpaired) electrons. The predicted octanol–water partition coefficient (Wildman–Crippen LogP) is 1.03. The van der Waals surface area contributed by atoms with Crippen molar-refractivity contribution >= 4 is 17.2 Å². The summed E-state index contributed by atoms with van der Waals surface area (Å²) < 4.78 is 1.53. The van der Waals surface area contributed by atoms with Gasteiger partial charge in [0.15, 0.2) is 0 Å². The van der Waals surface area contributed by atoms with Gasteiger partial charge in [0.1, 0.15) is 17.9 Å². The van der Waals surface area contributed by atoms with Crippen molar-refractivity contribution in [1.29, 1.82) is 0 Å². The van der Waals surface area contributed by atoms with E-state index >= 15 is 0 Å². The standard InChI is InChI=1S/C12H16N4O2S/c1-2-5-13-11(18)7-16-12(9(8-17)14-15-16)10-4-3-6-19-10/h3-4,6,17H,2,5,7-8H2,1H3,(H,13,18). The number of amides is 1. The Balaban J connectivity index is 2.21. The van der Waals surface area contributed by atoms with E-state index in [-0.39, 0.29) is 19.1 Å². The molecule has 0 aliphatic heterocycles. The van der Waals surface area contributed by atoms with Gasteiger partial charge in [-0.3, -0.25) is 4.79 Å². The minimum absolute atomic E-state index is 0.103. The Bertz CT molecular complexity index is 536. The molecule has 7 heteroatoms. The molecule has 19 heavy (non-hydrogen) atoms. The molecule has 0 aliphatic rings. The van der Waals surface area contributed by atoms with Crippen molar-refractivity contribution in [2.45, 2.75) is 26.5 Å². The van der Waals surface area contributed by atoms with Crippen LogP contribution in [0.3, 0.4) is 0 Å². The Hall–Kier alpha value is -1.73. The highest BCUT2D eigenvalue weighted by molar-refractivity contribution is 7.13. The molecule has 0 bridgehead atoms. The van der Waals surface area contributed by atoms with Gasteiger partial charge < -0.3 is 10.4 Å². The molecule has 0 saturated carbocycles. The van der Waals surface area contributed by atoms with Gasteiger partial charge in [-0.2, -0.15) is 0 Å². The average molecular weight is 280 g/mol. The number of nitrogens with one attached hydrogen (secondary N) is 1. The Labute approximate surface area is 115 Å². The molecule has 2 aromatic heterocycles. The maximum atomic E-state index is 11.7. The second-order valence-corrected chi connectivity index (χ2v) is 4.98. The summed E-state index contributed by atoms with van der Waals surface area (Å²) in [4.78, 5) is 12.7. The lowest BCUT2D eigenvalue weighted by Gasteiger charge is -2.06. The minimum atomic E-state index is -0.191. The second kappa shape index (κ2) is 6.44. The topological polar surface area (TPSA) is 80.0 Å². The van der Waals surface area contributed by atoms with Gasteiger partial charge in [-0.05, 0) is 17.9 Å². The Kier molecular flexibility index (Phi) is 4.64. The summed E-state index contributed by atoms with van der Waals surface area (Å²) in [5.74, 6) is -0.103. The average Bonchev–Trinajstić information content (AvgIpc) is 3.04. The first-order valence-corrected chi connectivity index (χ1v) is 6.98. The summed E-state index contributed by atoms with van der Waals surface area (Å²) in [6, 6.07) is 3.83. The zero-order valence-corrected chi connectivity index (χ0v) is 11.5. The smallest absolute Gasteiger partial charge is 0.241 e. The van der Waals surface area contributed by atoms with Crippen LogP contribution < -0.4 is 5.32 Å². The second-order valence-electron chi connectivity index (χ2n) is 4.03. The number of thiophene rings is 1. The van der Waals surface area contributed by atoms with E-state index in [0.717, 1.165) is 11.3 Å². The number of aliphatic hydroxyl groups is 1. The van der Waals surface area contributed by atoms with Gasteiger partial charge in [-0.15, -0.1) is 16.4 Å². The van der Waals surface area contributed by atoms with Crippen LogP contribution >= 0.6 is 11.3 Å². The molecule has 102 valence electrons. The van der Waals surface area contributed by atoms with Crippen LogP contribution in [0.25, 0.3) is 10.6 Å². The van der Waals surface area contributed by atoms with Crippen LogP contribution in [0.2, 0.25) is 0 Å². The summed E-state index contributed by atoms with van der Waals surface area (Å²) in [5.41, 5.74) is 1.20. The molecular weight excluding hydrogens is 264 g/mol. The van der Waals surface area contributed by atoms with Crippen molar-refractivity contribution in [3.8, 4) is 10.6 Å². The molecule has 1 amide bonds. The highest BCUT2D eigenvalue weighted by atomic mass is 32.1. The number of aromatic nitrogens is 3. The van der Waals surface area contributed by atoms with Gasteiger partial charge in [0.2, 0.25) is 5.91 Å². The van der Waals surface area contributed by atoms with E-state index in [0.29, 0.717) is 17.9 Å². The van der Waals surface area contributed by atoms with E-state index in [1.165, 1.54) is 16.0 Å². The summed E-state index contributed by atoms with van der Waals surface area (Å²) in [6.07, 6.45) is 0.892. The van der Waals surface area contributed by atoms with Crippen LogP contribution in [0.5, 0.6) is 0 Å². The number of hydrogen-bond acceptors (Lipinski definition) is 5. The van der Waals surface area contributed by atoms with Gasteiger partial charge in [0, 0.05) is 6.54 Å². The van der Waals surface area contributed by atoms with Gasteiger partial charge >= 0.3 is 0 Å². The van der Waals surface area contributed by atoms with Crippen molar-refractivity contribution in [3.05, 3.63) is 23.2 Å². The highest BCUT2D eigenvalue weighted by Gasteiger charge is 2.16. The van der Waals surface area contributed by atoms with Crippen LogP contribution in [0.15, 0.2) is 17.5 Å². The van der Waals surface area contributed by atoms with Crippen LogP contribution in [0.4, 0.5) is 0 Å². The van der Waals surface area contributed by atoms with Crippen LogP contribution in [0, 0.1) is 0 Å². The molecule has 2 heterocycles. The van der Waals surface area contributed by atoms with Gasteiger partial charge in [0.05, 0.1) is 11.5 Å². The lowest BCUT2D eigenvalue weighted by Crippen LogP contribution is -2.28. The zero-order chi connectivity index (χ0) is 13.7. The summed E-state index contributed by atoms with van der Waals surface area (Å²) >= 11 is 1.53. The Morgan fingerprint density at radius 1 is 1.58 bits per heavy atom. The fourth-order valence-electron chi connectivity index (χ4n) is 1.71. The summed E-state index contributed by atoms with van der Waals surface area (Å²) in [6.45, 7) is 2.56. The lowest BCUT2D eigenvalue weighted by atomic mass is 10.2. The largest absolute Gasteiger partial charge is 0.390 e. The van der Waals surface area contributed by atoms with E-state index in [1.54, 1.807) is 0 Å². The Morgan fingerprint density at radius 3 is 3.05 bits per heavy atom. The molecule has 2 N–H and O–H groups in total. The van der Waals surface area contributed by atoms with Crippen LogP contribution in [-0.4, -0.2) is 32.6 Å². The molecule has 0 aromatic carbocycles. The molecule has 2 aromatic rings. The maximum Gasteiger partial charge on any atom is 0.241 e. The maximum absolute atomic E-state index is 11.7. The lowest BCUT2D eigenvalue weighted by molar-refractivity contribution is -0.121. The van der Waals surface area contributed by atoms with Crippen molar-refractivity contribution in [2.24, 2.45) is 0 Å². The van der Waals surface area contributed by atoms with Crippen LogP contribution in [0.1, 0.15) is 19.0 Å². The summed E-state index contributed by atoms with van der Waals surface area (Å²) in [7, 11) is 0. The molecule has 0 saturated heterocycles. The third kappa shape index (κ3) is 3.18. The SMILES string of the molecule is CCCNC(=O)Cn1nnc(CO)c1-c1cccs1. The third-order valence-corrected chi connectivity index (χ3v) is 3.45. The number of hydrogen-bond donors (Lipinski definition) is 2. The van der Waals surface area contributed by atoms with Crippen molar-refractivity contribution in [1.82, 2.24) is 20.3 Å². The van der Waals surface area contributed by atoms with E-state index < -0.39 is 0 Å². The Morgan fingerprint density at radius 2 is 2.42 bits per heavy atom. The van der Waals surface area contributed by atoms with Gasteiger partial charge in [0.25, 0.3) is 0 Å². The van der Waals surface area contributed by atoms with Crippen molar-refractivity contribution < 1.29 is 9.90 Å². The predicted molar refractivity (Wildman–Crippen MR) is 72.6 cm³/mol. The van der Waals surface area contributed by atoms with Gasteiger partial charge in [-0.1, -0.05) is 18.2 Å². The van der Waals surface area contributed by atoms with Gasteiger partial charge in [-0.25, -0.2) is 4.68 Å². The van der Waals surface area contributed by atoms with Crippen molar-refractivity contribution in [2.75, 3.05) is 6.54 Å². The molecule has 0 unspecified atom stereocenters. The molecule has 0 spiro atoms. The first kappa shape index (κ1) is 13.7. The molecule has 0 aliphatic carbocycles. The molecule has 0 atom stereocenters. The first-order valence-electron chi connectivity index (χ1n) is 6.10. The third-order valence-electron chi connectivity index (χ3n) is 2.57. The summed E-state index contributed by atoms with van der Waals surface area (Å²) in [5, 5.41) is 21.9. The normalized spacial score (nSPS) is 10.6. The number of rotatable bonds is 6. The monoisotopic (exact) mass is 280 g/mol. The number of carbonyl (C=O) groups excluding carboxylic acids is 1. The van der Waals surface area contributed by atoms with E-state index in [2.05, 4.69) is 15.6 Å². The number of carbonyl (C=O) groups is 1. The molecular formula is C12H16N4O2S. The number of nitrogens with zero attached hydrogens (tertiary/aromatic N) is 3. The molecule has 6 nitrogen and oxygen atoms in total. The van der Waals surface area contributed by atoms with E-state index in [9.17, 15) is 9.90 Å². The molecule has 2 rings (SSSR count). The van der Waals surface area contributed by atoms with Crippen molar-refractivity contribution in [3.63, 3.8) is 0 Å². The minimum Gasteiger partial charge on any atom is -0.390 e. The van der Waals surface area contributed by atoms with Crippen LogP contribution in [-0.2, 0) is 17.9 Å². The fraction of sp³-hybridized carbons (Fsp3) is 0.417.